The SMILES string of the molecule is CNC(=O)[C@H](NC(=O)c1nn(C)c(C)c1Cl)c1ccccc1. The van der Waals surface area contributed by atoms with Gasteiger partial charge in [-0.1, -0.05) is 41.9 Å². The van der Waals surface area contributed by atoms with Crippen molar-refractivity contribution in [3.8, 4) is 0 Å². The normalized spacial score (nSPS) is 11.8. The predicted molar refractivity (Wildman–Crippen MR) is 83.7 cm³/mol. The fourth-order valence-corrected chi connectivity index (χ4v) is 2.26. The summed E-state index contributed by atoms with van der Waals surface area (Å²) < 4.78 is 1.52. The van der Waals surface area contributed by atoms with E-state index in [0.29, 0.717) is 11.3 Å². The van der Waals surface area contributed by atoms with Crippen molar-refractivity contribution in [1.82, 2.24) is 20.4 Å². The molecule has 0 unspecified atom stereocenters. The van der Waals surface area contributed by atoms with Crippen LogP contribution in [-0.4, -0.2) is 28.6 Å². The summed E-state index contributed by atoms with van der Waals surface area (Å²) in [6.45, 7) is 1.76. The lowest BCUT2D eigenvalue weighted by atomic mass is 10.1. The summed E-state index contributed by atoms with van der Waals surface area (Å²) in [5.74, 6) is -0.811. The molecule has 1 aromatic carbocycles. The highest BCUT2D eigenvalue weighted by molar-refractivity contribution is 6.34. The number of nitrogens with one attached hydrogen (secondary N) is 2. The van der Waals surface area contributed by atoms with Gasteiger partial charge in [0.2, 0.25) is 5.91 Å². The molecule has 0 fully saturated rings. The number of amides is 2. The highest BCUT2D eigenvalue weighted by Gasteiger charge is 2.25. The van der Waals surface area contributed by atoms with Gasteiger partial charge in [-0.05, 0) is 12.5 Å². The average Bonchev–Trinajstić information content (AvgIpc) is 2.80. The molecule has 2 aromatic rings. The van der Waals surface area contributed by atoms with E-state index in [2.05, 4.69) is 15.7 Å². The molecule has 0 bridgehead atoms. The molecule has 1 aromatic heterocycles. The molecule has 2 rings (SSSR count). The Morgan fingerprint density at radius 1 is 1.27 bits per heavy atom. The van der Waals surface area contributed by atoms with Crippen LogP contribution in [0.25, 0.3) is 0 Å². The molecule has 0 aliphatic rings. The van der Waals surface area contributed by atoms with E-state index in [1.165, 1.54) is 11.7 Å². The molecule has 22 heavy (non-hydrogen) atoms. The standard InChI is InChI=1S/C15H17ClN4O2/c1-9-11(16)13(19-20(9)3)15(22)18-12(14(21)17-2)10-7-5-4-6-8-10/h4-8,12H,1-3H3,(H,17,21)(H,18,22)/t12-/m1/s1. The van der Waals surface area contributed by atoms with Gasteiger partial charge in [-0.15, -0.1) is 0 Å². The summed E-state index contributed by atoms with van der Waals surface area (Å²) in [5.41, 5.74) is 1.47. The van der Waals surface area contributed by atoms with Gasteiger partial charge in [0.15, 0.2) is 5.69 Å². The smallest absolute Gasteiger partial charge is 0.274 e. The highest BCUT2D eigenvalue weighted by atomic mass is 35.5. The van der Waals surface area contributed by atoms with Crippen LogP contribution in [0.4, 0.5) is 0 Å². The minimum Gasteiger partial charge on any atom is -0.357 e. The van der Waals surface area contributed by atoms with Gasteiger partial charge in [-0.2, -0.15) is 5.10 Å². The van der Waals surface area contributed by atoms with Crippen molar-refractivity contribution in [2.24, 2.45) is 7.05 Å². The fraction of sp³-hybridized carbons (Fsp3) is 0.267. The van der Waals surface area contributed by atoms with E-state index in [4.69, 9.17) is 11.6 Å². The van der Waals surface area contributed by atoms with Gasteiger partial charge in [0.05, 0.1) is 10.7 Å². The molecule has 0 spiro atoms. The molecule has 2 amide bonds. The van der Waals surface area contributed by atoms with Gasteiger partial charge in [-0.25, -0.2) is 0 Å². The van der Waals surface area contributed by atoms with E-state index >= 15 is 0 Å². The topological polar surface area (TPSA) is 76.0 Å². The van der Waals surface area contributed by atoms with Gasteiger partial charge in [0, 0.05) is 14.1 Å². The van der Waals surface area contributed by atoms with Crippen LogP contribution in [0.2, 0.25) is 5.02 Å². The number of carbonyl (C=O) groups excluding carboxylic acids is 2. The number of aryl methyl sites for hydroxylation is 1. The third-order valence-electron chi connectivity index (χ3n) is 3.39. The van der Waals surface area contributed by atoms with Crippen LogP contribution in [-0.2, 0) is 11.8 Å². The number of likely N-dealkylation sites (N-methyl/N-ethyl adjacent to an activating group) is 1. The first-order valence-electron chi connectivity index (χ1n) is 6.72. The molecule has 2 N–H and O–H groups in total. The van der Waals surface area contributed by atoms with Crippen LogP contribution in [0, 0.1) is 6.92 Å². The molecule has 0 aliphatic heterocycles. The number of carbonyl (C=O) groups is 2. The Kier molecular flexibility index (Phi) is 4.82. The van der Waals surface area contributed by atoms with Crippen molar-refractivity contribution in [1.29, 1.82) is 0 Å². The quantitative estimate of drug-likeness (QED) is 0.898. The number of hydrogen-bond acceptors (Lipinski definition) is 3. The number of hydrogen-bond donors (Lipinski definition) is 2. The van der Waals surface area contributed by atoms with Gasteiger partial charge < -0.3 is 10.6 Å². The van der Waals surface area contributed by atoms with Crippen molar-refractivity contribution >= 4 is 23.4 Å². The maximum Gasteiger partial charge on any atom is 0.274 e. The van der Waals surface area contributed by atoms with E-state index < -0.39 is 11.9 Å². The van der Waals surface area contributed by atoms with Crippen LogP contribution in [0.3, 0.4) is 0 Å². The lowest BCUT2D eigenvalue weighted by Crippen LogP contribution is -2.39. The van der Waals surface area contributed by atoms with Crippen LogP contribution in [0.1, 0.15) is 27.8 Å². The number of benzene rings is 1. The zero-order valence-corrected chi connectivity index (χ0v) is 13.3. The van der Waals surface area contributed by atoms with Crippen LogP contribution < -0.4 is 10.6 Å². The lowest BCUT2D eigenvalue weighted by Gasteiger charge is -2.17. The molecule has 1 heterocycles. The second-order valence-electron chi connectivity index (χ2n) is 4.80. The van der Waals surface area contributed by atoms with Crippen LogP contribution >= 0.6 is 11.6 Å². The lowest BCUT2D eigenvalue weighted by molar-refractivity contribution is -0.122. The molecule has 0 radical (unpaired) electrons. The molecule has 6 nitrogen and oxygen atoms in total. The summed E-state index contributed by atoms with van der Waals surface area (Å²) in [4.78, 5) is 24.4. The molecular formula is C15H17ClN4O2. The van der Waals surface area contributed by atoms with Gasteiger partial charge >= 0.3 is 0 Å². The third kappa shape index (κ3) is 3.12. The average molecular weight is 321 g/mol. The number of aromatic nitrogens is 2. The first kappa shape index (κ1) is 16.0. The Morgan fingerprint density at radius 3 is 2.41 bits per heavy atom. The van der Waals surface area contributed by atoms with Crippen molar-refractivity contribution in [2.75, 3.05) is 7.05 Å². The van der Waals surface area contributed by atoms with Crippen molar-refractivity contribution < 1.29 is 9.59 Å². The second-order valence-corrected chi connectivity index (χ2v) is 5.18. The Morgan fingerprint density at radius 2 is 1.91 bits per heavy atom. The van der Waals surface area contributed by atoms with E-state index in [1.807, 2.05) is 6.07 Å². The number of rotatable bonds is 4. The van der Waals surface area contributed by atoms with Crippen molar-refractivity contribution in [2.45, 2.75) is 13.0 Å². The maximum absolute atomic E-state index is 12.4. The summed E-state index contributed by atoms with van der Waals surface area (Å²) in [5, 5.41) is 9.57. The first-order chi connectivity index (χ1) is 10.5. The molecule has 7 heteroatoms. The van der Waals surface area contributed by atoms with Crippen LogP contribution in [0.5, 0.6) is 0 Å². The predicted octanol–water partition coefficient (Wildman–Crippen LogP) is 1.60. The van der Waals surface area contributed by atoms with E-state index in [0.717, 1.165) is 0 Å². The minimum absolute atomic E-state index is 0.103. The molecular weight excluding hydrogens is 304 g/mol. The highest BCUT2D eigenvalue weighted by Crippen LogP contribution is 2.20. The third-order valence-corrected chi connectivity index (χ3v) is 3.85. The monoisotopic (exact) mass is 320 g/mol. The minimum atomic E-state index is -0.808. The zero-order chi connectivity index (χ0) is 16.3. The van der Waals surface area contributed by atoms with Gasteiger partial charge in [-0.3, -0.25) is 14.3 Å². The molecule has 0 saturated carbocycles. The van der Waals surface area contributed by atoms with Crippen LogP contribution in [0.15, 0.2) is 30.3 Å². The first-order valence-corrected chi connectivity index (χ1v) is 7.10. The number of halogens is 1. The second kappa shape index (κ2) is 6.62. The Hall–Kier alpha value is -2.34. The van der Waals surface area contributed by atoms with E-state index in [1.54, 1.807) is 38.2 Å². The molecule has 1 atom stereocenters. The van der Waals surface area contributed by atoms with Gasteiger partial charge in [0.1, 0.15) is 6.04 Å². The Bertz CT molecular complexity index is 697. The largest absolute Gasteiger partial charge is 0.357 e. The van der Waals surface area contributed by atoms with E-state index in [9.17, 15) is 9.59 Å². The molecule has 0 saturated heterocycles. The molecule has 0 aliphatic carbocycles. The maximum atomic E-state index is 12.4. The summed E-state index contributed by atoms with van der Waals surface area (Å²) >= 11 is 6.11. The van der Waals surface area contributed by atoms with Crippen molar-refractivity contribution in [3.05, 3.63) is 52.3 Å². The molecule has 116 valence electrons. The Labute approximate surface area is 133 Å². The Balaban J connectivity index is 2.29. The van der Waals surface area contributed by atoms with Crippen molar-refractivity contribution in [3.63, 3.8) is 0 Å². The zero-order valence-electron chi connectivity index (χ0n) is 12.6. The van der Waals surface area contributed by atoms with Gasteiger partial charge in [0.25, 0.3) is 5.91 Å². The summed E-state index contributed by atoms with van der Waals surface area (Å²) in [7, 11) is 3.22. The number of nitrogens with zero attached hydrogens (tertiary/aromatic N) is 2. The summed E-state index contributed by atoms with van der Waals surface area (Å²) in [6, 6.07) is 8.17. The fourth-order valence-electron chi connectivity index (χ4n) is 2.02. The summed E-state index contributed by atoms with van der Waals surface area (Å²) in [6.07, 6.45) is 0. The van der Waals surface area contributed by atoms with E-state index in [-0.39, 0.29) is 16.6 Å².